The average molecular weight is 325 g/mol. The lowest BCUT2D eigenvalue weighted by Crippen LogP contribution is -1.96. The van der Waals surface area contributed by atoms with E-state index in [4.69, 9.17) is 32.7 Å². The van der Waals surface area contributed by atoms with E-state index < -0.39 is 0 Å². The molecular formula is C17H18Cl2O2. The molecule has 0 heterocycles. The van der Waals surface area contributed by atoms with Crippen molar-refractivity contribution in [2.45, 2.75) is 19.3 Å². The molecule has 0 aliphatic carbocycles. The van der Waals surface area contributed by atoms with Gasteiger partial charge in [-0.15, -0.1) is 0 Å². The number of ether oxygens (including phenoxy) is 2. The molecule has 2 aromatic carbocycles. The molecule has 0 aliphatic heterocycles. The van der Waals surface area contributed by atoms with Crippen LogP contribution in [0.2, 0.25) is 10.0 Å². The second-order valence-electron chi connectivity index (χ2n) is 4.75. The molecule has 0 atom stereocenters. The fourth-order valence-corrected chi connectivity index (χ4v) is 2.71. The number of benzene rings is 2. The van der Waals surface area contributed by atoms with Crippen molar-refractivity contribution in [3.63, 3.8) is 0 Å². The van der Waals surface area contributed by atoms with Gasteiger partial charge in [0.15, 0.2) is 11.5 Å². The molecule has 0 N–H and O–H groups in total. The Morgan fingerprint density at radius 1 is 0.857 bits per heavy atom. The highest BCUT2D eigenvalue weighted by molar-refractivity contribution is 6.33. The lowest BCUT2D eigenvalue weighted by atomic mass is 10.0. The number of aryl methyl sites for hydroxylation is 2. The summed E-state index contributed by atoms with van der Waals surface area (Å²) >= 11 is 12.3. The minimum atomic E-state index is 0.600. The highest BCUT2D eigenvalue weighted by Crippen LogP contribution is 2.37. The van der Waals surface area contributed by atoms with Crippen molar-refractivity contribution >= 4 is 23.2 Å². The zero-order chi connectivity index (χ0) is 15.2. The van der Waals surface area contributed by atoms with Crippen LogP contribution in [-0.4, -0.2) is 14.2 Å². The van der Waals surface area contributed by atoms with Crippen LogP contribution in [0.15, 0.2) is 36.4 Å². The monoisotopic (exact) mass is 324 g/mol. The van der Waals surface area contributed by atoms with Gasteiger partial charge in [-0.25, -0.2) is 0 Å². The summed E-state index contributed by atoms with van der Waals surface area (Å²) in [5.74, 6) is 1.26. The summed E-state index contributed by atoms with van der Waals surface area (Å²) in [6, 6.07) is 11.8. The van der Waals surface area contributed by atoms with Gasteiger partial charge in [-0.3, -0.25) is 0 Å². The van der Waals surface area contributed by atoms with Gasteiger partial charge < -0.3 is 9.47 Å². The lowest BCUT2D eigenvalue weighted by molar-refractivity contribution is 0.354. The Balaban J connectivity index is 2.01. The largest absolute Gasteiger partial charge is 0.493 e. The van der Waals surface area contributed by atoms with E-state index in [9.17, 15) is 0 Å². The van der Waals surface area contributed by atoms with Crippen molar-refractivity contribution in [1.82, 2.24) is 0 Å². The van der Waals surface area contributed by atoms with Gasteiger partial charge in [-0.1, -0.05) is 41.4 Å². The number of rotatable bonds is 6. The van der Waals surface area contributed by atoms with Gasteiger partial charge in [0, 0.05) is 5.02 Å². The molecule has 21 heavy (non-hydrogen) atoms. The van der Waals surface area contributed by atoms with Gasteiger partial charge in [0.1, 0.15) is 0 Å². The van der Waals surface area contributed by atoms with Crippen molar-refractivity contribution in [2.75, 3.05) is 14.2 Å². The molecule has 0 bridgehead atoms. The van der Waals surface area contributed by atoms with Crippen LogP contribution in [0.4, 0.5) is 0 Å². The van der Waals surface area contributed by atoms with E-state index in [1.165, 1.54) is 5.56 Å². The third-order valence-electron chi connectivity index (χ3n) is 3.39. The third-order valence-corrected chi connectivity index (χ3v) is 4.06. The predicted octanol–water partition coefficient (Wildman–Crippen LogP) is 5.19. The smallest absolute Gasteiger partial charge is 0.179 e. The second-order valence-corrected chi connectivity index (χ2v) is 5.57. The molecule has 4 heteroatoms. The number of methoxy groups -OCH3 is 2. The molecule has 0 unspecified atom stereocenters. The van der Waals surface area contributed by atoms with Gasteiger partial charge in [0.2, 0.25) is 0 Å². The number of hydrogen-bond acceptors (Lipinski definition) is 2. The molecule has 0 radical (unpaired) electrons. The molecule has 0 amide bonds. The first-order valence-corrected chi connectivity index (χ1v) is 7.55. The maximum Gasteiger partial charge on any atom is 0.179 e. The zero-order valence-corrected chi connectivity index (χ0v) is 13.7. The van der Waals surface area contributed by atoms with Crippen LogP contribution in [-0.2, 0) is 12.8 Å². The molecule has 2 rings (SSSR count). The van der Waals surface area contributed by atoms with E-state index in [1.54, 1.807) is 14.2 Å². The third kappa shape index (κ3) is 4.05. The Hall–Kier alpha value is -1.38. The summed E-state index contributed by atoms with van der Waals surface area (Å²) in [6.07, 6.45) is 2.89. The predicted molar refractivity (Wildman–Crippen MR) is 88.0 cm³/mol. The van der Waals surface area contributed by atoms with Crippen molar-refractivity contribution < 1.29 is 9.47 Å². The quantitative estimate of drug-likeness (QED) is 0.728. The summed E-state index contributed by atoms with van der Waals surface area (Å²) in [4.78, 5) is 0. The molecule has 0 aliphatic rings. The first-order valence-electron chi connectivity index (χ1n) is 6.79. The van der Waals surface area contributed by atoms with Crippen LogP contribution in [0, 0.1) is 0 Å². The first kappa shape index (κ1) is 16.0. The van der Waals surface area contributed by atoms with E-state index >= 15 is 0 Å². The van der Waals surface area contributed by atoms with E-state index in [0.29, 0.717) is 16.5 Å². The van der Waals surface area contributed by atoms with Gasteiger partial charge >= 0.3 is 0 Å². The van der Waals surface area contributed by atoms with E-state index in [-0.39, 0.29) is 0 Å². The van der Waals surface area contributed by atoms with Crippen LogP contribution in [0.5, 0.6) is 11.5 Å². The molecule has 2 nitrogen and oxygen atoms in total. The van der Waals surface area contributed by atoms with Crippen LogP contribution in [0.25, 0.3) is 0 Å². The fraction of sp³-hybridized carbons (Fsp3) is 0.294. The average Bonchev–Trinajstić information content (AvgIpc) is 2.50. The molecular weight excluding hydrogens is 307 g/mol. The Labute approximate surface area is 135 Å². The molecule has 0 saturated carbocycles. The molecule has 112 valence electrons. The van der Waals surface area contributed by atoms with Gasteiger partial charge in [-0.2, -0.15) is 0 Å². The molecule has 0 aromatic heterocycles. The van der Waals surface area contributed by atoms with Crippen molar-refractivity contribution in [1.29, 1.82) is 0 Å². The molecule has 0 saturated heterocycles. The fourth-order valence-electron chi connectivity index (χ4n) is 2.26. The minimum absolute atomic E-state index is 0.600. The summed E-state index contributed by atoms with van der Waals surface area (Å²) < 4.78 is 10.5. The van der Waals surface area contributed by atoms with E-state index in [1.807, 2.05) is 24.3 Å². The minimum Gasteiger partial charge on any atom is -0.493 e. The van der Waals surface area contributed by atoms with Crippen molar-refractivity contribution in [3.8, 4) is 11.5 Å². The molecule has 0 fully saturated rings. The number of hydrogen-bond donors (Lipinski definition) is 0. The van der Waals surface area contributed by atoms with Crippen molar-refractivity contribution in [2.24, 2.45) is 0 Å². The lowest BCUT2D eigenvalue weighted by Gasteiger charge is -2.12. The topological polar surface area (TPSA) is 18.5 Å². The summed E-state index contributed by atoms with van der Waals surface area (Å²) in [7, 11) is 3.20. The maximum atomic E-state index is 6.37. The number of halogens is 2. The van der Waals surface area contributed by atoms with Gasteiger partial charge in [0.25, 0.3) is 0 Å². The highest BCUT2D eigenvalue weighted by Gasteiger charge is 2.12. The summed E-state index contributed by atoms with van der Waals surface area (Å²) in [5, 5.41) is 1.40. The van der Waals surface area contributed by atoms with Crippen molar-refractivity contribution in [3.05, 3.63) is 57.6 Å². The van der Waals surface area contributed by atoms with Crippen LogP contribution < -0.4 is 9.47 Å². The normalized spacial score (nSPS) is 10.5. The van der Waals surface area contributed by atoms with Gasteiger partial charge in [-0.05, 0) is 48.6 Å². The standard InChI is InChI=1S/C17H18Cl2O2/c1-20-15-11-8-13(16(19)17(15)21-2)5-3-4-12-6-9-14(18)10-7-12/h6-11H,3-5H2,1-2H3. The molecule has 0 spiro atoms. The Kier molecular flexibility index (Phi) is 5.77. The Morgan fingerprint density at radius 3 is 2.19 bits per heavy atom. The van der Waals surface area contributed by atoms with E-state index in [0.717, 1.165) is 29.8 Å². The highest BCUT2D eigenvalue weighted by atomic mass is 35.5. The van der Waals surface area contributed by atoms with Crippen LogP contribution in [0.3, 0.4) is 0 Å². The summed E-state index contributed by atoms with van der Waals surface area (Å²) in [5.41, 5.74) is 2.35. The summed E-state index contributed by atoms with van der Waals surface area (Å²) in [6.45, 7) is 0. The maximum absolute atomic E-state index is 6.37. The van der Waals surface area contributed by atoms with Gasteiger partial charge in [0.05, 0.1) is 19.2 Å². The Morgan fingerprint density at radius 2 is 1.57 bits per heavy atom. The molecule has 2 aromatic rings. The first-order chi connectivity index (χ1) is 10.2. The second kappa shape index (κ2) is 7.58. The van der Waals surface area contributed by atoms with Crippen LogP contribution in [0.1, 0.15) is 17.5 Å². The zero-order valence-electron chi connectivity index (χ0n) is 12.2. The SMILES string of the molecule is COc1ccc(CCCc2ccc(Cl)cc2)c(Cl)c1OC. The van der Waals surface area contributed by atoms with E-state index in [2.05, 4.69) is 12.1 Å². The Bertz CT molecular complexity index is 594. The van der Waals surface area contributed by atoms with Crippen LogP contribution >= 0.6 is 23.2 Å².